The number of aromatic nitrogens is 3. The Morgan fingerprint density at radius 1 is 1.50 bits per heavy atom. The third kappa shape index (κ3) is 3.07. The minimum Gasteiger partial charge on any atom is -0.476 e. The van der Waals surface area contributed by atoms with E-state index >= 15 is 0 Å². The molecule has 1 saturated heterocycles. The van der Waals surface area contributed by atoms with Crippen molar-refractivity contribution in [3.8, 4) is 0 Å². The molecule has 0 spiro atoms. The maximum Gasteiger partial charge on any atom is 0.358 e. The number of rotatable bonds is 5. The summed E-state index contributed by atoms with van der Waals surface area (Å²) in [5.74, 6) is -1.02. The summed E-state index contributed by atoms with van der Waals surface area (Å²) >= 11 is 0. The first-order valence-corrected chi connectivity index (χ1v) is 6.58. The van der Waals surface area contributed by atoms with Crippen molar-refractivity contribution >= 4 is 5.97 Å². The van der Waals surface area contributed by atoms with E-state index in [9.17, 15) is 4.79 Å². The molecule has 2 rings (SSSR count). The highest BCUT2D eigenvalue weighted by atomic mass is 16.4. The fourth-order valence-corrected chi connectivity index (χ4v) is 2.55. The number of likely N-dealkylation sites (tertiary alicyclic amines) is 1. The molecule has 18 heavy (non-hydrogen) atoms. The van der Waals surface area contributed by atoms with Gasteiger partial charge in [0.05, 0.1) is 12.7 Å². The quantitative estimate of drug-likeness (QED) is 0.853. The van der Waals surface area contributed by atoms with Gasteiger partial charge >= 0.3 is 5.97 Å². The highest BCUT2D eigenvalue weighted by Crippen LogP contribution is 2.18. The molecule has 6 nitrogen and oxygen atoms in total. The predicted octanol–water partition coefficient (Wildman–Crippen LogP) is 1.24. The lowest BCUT2D eigenvalue weighted by Gasteiger charge is -2.35. The molecule has 0 aliphatic carbocycles. The second kappa shape index (κ2) is 5.95. The van der Waals surface area contributed by atoms with Crippen molar-refractivity contribution in [2.45, 2.75) is 45.2 Å². The molecule has 0 radical (unpaired) electrons. The first-order valence-electron chi connectivity index (χ1n) is 6.58. The van der Waals surface area contributed by atoms with Gasteiger partial charge in [0.25, 0.3) is 0 Å². The molecule has 1 aliphatic heterocycles. The third-order valence-electron chi connectivity index (χ3n) is 3.59. The predicted molar refractivity (Wildman–Crippen MR) is 66.5 cm³/mol. The van der Waals surface area contributed by atoms with Crippen LogP contribution in [0.1, 0.15) is 43.1 Å². The minimum atomic E-state index is -1.02. The van der Waals surface area contributed by atoms with Crippen LogP contribution in [0.4, 0.5) is 0 Å². The molecular formula is C12H20N4O2. The van der Waals surface area contributed by atoms with Gasteiger partial charge in [0, 0.05) is 12.6 Å². The van der Waals surface area contributed by atoms with Gasteiger partial charge in [0.2, 0.25) is 0 Å². The van der Waals surface area contributed by atoms with Crippen LogP contribution in [0.15, 0.2) is 6.20 Å². The van der Waals surface area contributed by atoms with Crippen LogP contribution < -0.4 is 0 Å². The molecule has 0 bridgehead atoms. The Hall–Kier alpha value is -1.43. The van der Waals surface area contributed by atoms with Crippen LogP contribution in [0, 0.1) is 0 Å². The summed E-state index contributed by atoms with van der Waals surface area (Å²) in [5, 5.41) is 16.2. The molecular weight excluding hydrogens is 232 g/mol. The molecule has 100 valence electrons. The van der Waals surface area contributed by atoms with Crippen LogP contribution in [0.25, 0.3) is 0 Å². The van der Waals surface area contributed by atoms with Gasteiger partial charge in [0.15, 0.2) is 5.69 Å². The third-order valence-corrected chi connectivity index (χ3v) is 3.59. The molecule has 1 aliphatic rings. The first kappa shape index (κ1) is 13.0. The topological polar surface area (TPSA) is 71.2 Å². The summed E-state index contributed by atoms with van der Waals surface area (Å²) in [4.78, 5) is 13.2. The van der Waals surface area contributed by atoms with Gasteiger partial charge in [-0.25, -0.2) is 4.79 Å². The normalized spacial score (nSPS) is 21.1. The number of carbonyl (C=O) groups is 1. The van der Waals surface area contributed by atoms with Crippen molar-refractivity contribution in [3.63, 3.8) is 0 Å². The van der Waals surface area contributed by atoms with Crippen LogP contribution in [-0.2, 0) is 6.54 Å². The molecule has 2 heterocycles. The summed E-state index contributed by atoms with van der Waals surface area (Å²) < 4.78 is 1.62. The molecule has 1 unspecified atom stereocenters. The van der Waals surface area contributed by atoms with Gasteiger partial charge in [-0.1, -0.05) is 18.6 Å². The summed E-state index contributed by atoms with van der Waals surface area (Å²) in [6.45, 7) is 4.98. The lowest BCUT2D eigenvalue weighted by Crippen LogP contribution is -2.40. The Labute approximate surface area is 107 Å². The fraction of sp³-hybridized carbons (Fsp3) is 0.750. The zero-order chi connectivity index (χ0) is 13.0. The van der Waals surface area contributed by atoms with E-state index in [0.29, 0.717) is 12.6 Å². The molecule has 0 aromatic carbocycles. The highest BCUT2D eigenvalue weighted by molar-refractivity contribution is 5.84. The van der Waals surface area contributed by atoms with E-state index in [1.54, 1.807) is 4.68 Å². The molecule has 1 aromatic heterocycles. The zero-order valence-corrected chi connectivity index (χ0v) is 10.7. The highest BCUT2D eigenvalue weighted by Gasteiger charge is 2.20. The van der Waals surface area contributed by atoms with Gasteiger partial charge in [-0.15, -0.1) is 5.10 Å². The zero-order valence-electron chi connectivity index (χ0n) is 10.7. The minimum absolute atomic E-state index is 0.0145. The maximum absolute atomic E-state index is 10.7. The van der Waals surface area contributed by atoms with E-state index in [0.717, 1.165) is 13.1 Å². The van der Waals surface area contributed by atoms with E-state index < -0.39 is 5.97 Å². The number of piperidine rings is 1. The van der Waals surface area contributed by atoms with Gasteiger partial charge in [0.1, 0.15) is 0 Å². The smallest absolute Gasteiger partial charge is 0.358 e. The average Bonchev–Trinajstić information content (AvgIpc) is 2.85. The number of carboxylic acids is 1. The lowest BCUT2D eigenvalue weighted by molar-refractivity contribution is 0.0690. The largest absolute Gasteiger partial charge is 0.476 e. The van der Waals surface area contributed by atoms with E-state index in [1.807, 2.05) is 0 Å². The Kier molecular flexibility index (Phi) is 4.30. The van der Waals surface area contributed by atoms with Crippen molar-refractivity contribution in [3.05, 3.63) is 11.9 Å². The van der Waals surface area contributed by atoms with E-state index in [1.165, 1.54) is 31.9 Å². The number of hydrogen-bond acceptors (Lipinski definition) is 4. The van der Waals surface area contributed by atoms with Crippen molar-refractivity contribution in [1.82, 2.24) is 19.9 Å². The summed E-state index contributed by atoms with van der Waals surface area (Å²) in [6, 6.07) is 0.668. The molecule has 0 amide bonds. The van der Waals surface area contributed by atoms with Gasteiger partial charge in [-0.3, -0.25) is 9.58 Å². The molecule has 1 atom stereocenters. The van der Waals surface area contributed by atoms with Crippen molar-refractivity contribution in [2.75, 3.05) is 13.1 Å². The van der Waals surface area contributed by atoms with Gasteiger partial charge in [-0.2, -0.15) is 0 Å². The number of nitrogens with zero attached hydrogens (tertiary/aromatic N) is 4. The number of aromatic carboxylic acids is 1. The van der Waals surface area contributed by atoms with Gasteiger partial charge in [-0.05, 0) is 25.8 Å². The van der Waals surface area contributed by atoms with Crippen molar-refractivity contribution in [2.24, 2.45) is 0 Å². The Morgan fingerprint density at radius 3 is 3.00 bits per heavy atom. The first-order chi connectivity index (χ1) is 8.70. The van der Waals surface area contributed by atoms with E-state index in [2.05, 4.69) is 22.1 Å². The summed E-state index contributed by atoms with van der Waals surface area (Å²) in [7, 11) is 0. The summed E-state index contributed by atoms with van der Waals surface area (Å²) in [5.41, 5.74) is 0.0145. The molecule has 0 saturated carbocycles. The second-order valence-electron chi connectivity index (χ2n) is 4.77. The van der Waals surface area contributed by atoms with Crippen molar-refractivity contribution < 1.29 is 9.90 Å². The van der Waals surface area contributed by atoms with Crippen LogP contribution in [-0.4, -0.2) is 50.1 Å². The molecule has 6 heteroatoms. The molecule has 1 aromatic rings. The second-order valence-corrected chi connectivity index (χ2v) is 4.77. The van der Waals surface area contributed by atoms with Crippen LogP contribution in [0.5, 0.6) is 0 Å². The summed E-state index contributed by atoms with van der Waals surface area (Å²) in [6.07, 6.45) is 6.52. The van der Waals surface area contributed by atoms with Crippen LogP contribution in [0.2, 0.25) is 0 Å². The lowest BCUT2D eigenvalue weighted by atomic mass is 10.0. The van der Waals surface area contributed by atoms with Crippen LogP contribution in [0.3, 0.4) is 0 Å². The Bertz CT molecular complexity index is 405. The number of carboxylic acid groups (broad SMARTS) is 1. The SMILES string of the molecule is CCC1CCCCN1CCn1cc(C(=O)O)nn1. The Morgan fingerprint density at radius 2 is 2.33 bits per heavy atom. The molecule has 1 N–H and O–H groups in total. The van der Waals surface area contributed by atoms with Gasteiger partial charge < -0.3 is 5.11 Å². The Balaban J connectivity index is 1.87. The van der Waals surface area contributed by atoms with E-state index in [4.69, 9.17) is 5.11 Å². The van der Waals surface area contributed by atoms with E-state index in [-0.39, 0.29) is 5.69 Å². The molecule has 1 fully saturated rings. The van der Waals surface area contributed by atoms with Crippen LogP contribution >= 0.6 is 0 Å². The average molecular weight is 252 g/mol. The number of hydrogen-bond donors (Lipinski definition) is 1. The monoisotopic (exact) mass is 252 g/mol. The maximum atomic E-state index is 10.7. The van der Waals surface area contributed by atoms with Crippen molar-refractivity contribution in [1.29, 1.82) is 0 Å². The standard InChI is InChI=1S/C12H20N4O2/c1-2-10-5-3-4-6-15(10)7-8-16-9-11(12(17)18)13-14-16/h9-10H,2-8H2,1H3,(H,17,18). The fourth-order valence-electron chi connectivity index (χ4n) is 2.55.